The molecule has 0 N–H and O–H groups in total. The number of unbranched alkanes of at least 4 members (excludes halogenated alkanes) is 1. The van der Waals surface area contributed by atoms with Gasteiger partial charge in [-0.2, -0.15) is 0 Å². The summed E-state index contributed by atoms with van der Waals surface area (Å²) in [5.74, 6) is 0.759. The minimum atomic E-state index is -0.551. The van der Waals surface area contributed by atoms with Crippen LogP contribution in [0.5, 0.6) is 11.5 Å². The Balaban J connectivity index is 2.02. The van der Waals surface area contributed by atoms with E-state index in [0.29, 0.717) is 28.9 Å². The van der Waals surface area contributed by atoms with E-state index in [1.54, 1.807) is 24.3 Å². The van der Waals surface area contributed by atoms with Gasteiger partial charge in [-0.3, -0.25) is 14.9 Å². The van der Waals surface area contributed by atoms with Crippen LogP contribution >= 0.6 is 0 Å². The monoisotopic (exact) mass is 369 g/mol. The Kier molecular flexibility index (Phi) is 5.40. The van der Waals surface area contributed by atoms with E-state index in [9.17, 15) is 14.9 Å². The van der Waals surface area contributed by atoms with Crippen molar-refractivity contribution in [2.45, 2.75) is 19.8 Å². The first kappa shape index (κ1) is 18.4. The maximum atomic E-state index is 12.8. The van der Waals surface area contributed by atoms with Gasteiger partial charge in [0.25, 0.3) is 0 Å². The molecule has 0 aliphatic carbocycles. The summed E-state index contributed by atoms with van der Waals surface area (Å²) in [7, 11) is 1.35. The summed E-state index contributed by atoms with van der Waals surface area (Å²) in [6.45, 7) is 2.67. The van der Waals surface area contributed by atoms with Crippen LogP contribution < -0.4 is 14.9 Å². The lowest BCUT2D eigenvalue weighted by Gasteiger charge is -2.08. The summed E-state index contributed by atoms with van der Waals surface area (Å²) >= 11 is 0. The summed E-state index contributed by atoms with van der Waals surface area (Å²) in [5, 5.41) is 11.6. The Morgan fingerprint density at radius 1 is 1.19 bits per heavy atom. The second kappa shape index (κ2) is 7.90. The van der Waals surface area contributed by atoms with Gasteiger partial charge < -0.3 is 13.9 Å². The van der Waals surface area contributed by atoms with E-state index in [1.165, 1.54) is 25.5 Å². The smallest absolute Gasteiger partial charge is 0.311 e. The summed E-state index contributed by atoms with van der Waals surface area (Å²) in [5.41, 5.74) is 0.556. The summed E-state index contributed by atoms with van der Waals surface area (Å²) < 4.78 is 16.2. The van der Waals surface area contributed by atoms with Crippen molar-refractivity contribution >= 4 is 16.7 Å². The largest absolute Gasteiger partial charge is 0.493 e. The first-order valence-corrected chi connectivity index (χ1v) is 8.56. The molecule has 0 aliphatic rings. The average molecular weight is 369 g/mol. The zero-order chi connectivity index (χ0) is 19.4. The van der Waals surface area contributed by atoms with E-state index in [2.05, 4.69) is 6.92 Å². The predicted octanol–water partition coefficient (Wildman–Crippen LogP) is 4.56. The minimum Gasteiger partial charge on any atom is -0.493 e. The van der Waals surface area contributed by atoms with Crippen molar-refractivity contribution in [3.8, 4) is 22.6 Å². The van der Waals surface area contributed by atoms with E-state index in [-0.39, 0.29) is 22.4 Å². The van der Waals surface area contributed by atoms with Gasteiger partial charge in [-0.15, -0.1) is 0 Å². The number of ether oxygens (including phenoxy) is 2. The summed E-state index contributed by atoms with van der Waals surface area (Å²) in [6, 6.07) is 9.39. The van der Waals surface area contributed by atoms with Gasteiger partial charge in [-0.25, -0.2) is 0 Å². The van der Waals surface area contributed by atoms with Gasteiger partial charge in [-0.1, -0.05) is 13.3 Å². The van der Waals surface area contributed by atoms with Crippen LogP contribution in [0.2, 0.25) is 0 Å². The van der Waals surface area contributed by atoms with Crippen LogP contribution in [-0.2, 0) is 0 Å². The minimum absolute atomic E-state index is 0.128. The number of nitro groups is 1. The number of rotatable bonds is 7. The lowest BCUT2D eigenvalue weighted by molar-refractivity contribution is -0.385. The maximum absolute atomic E-state index is 12.8. The Bertz CT molecular complexity index is 1040. The fraction of sp³-hybridized carbons (Fsp3) is 0.250. The number of nitrogens with zero attached hydrogens (tertiary/aromatic N) is 1. The average Bonchev–Trinajstić information content (AvgIpc) is 2.68. The molecule has 1 heterocycles. The van der Waals surface area contributed by atoms with Crippen molar-refractivity contribution in [1.82, 2.24) is 0 Å². The third kappa shape index (κ3) is 3.76. The molecule has 0 bridgehead atoms. The van der Waals surface area contributed by atoms with E-state index >= 15 is 0 Å². The zero-order valence-corrected chi connectivity index (χ0v) is 15.1. The Morgan fingerprint density at radius 3 is 2.70 bits per heavy atom. The Hall–Kier alpha value is -3.35. The first-order valence-electron chi connectivity index (χ1n) is 8.56. The molecule has 0 saturated heterocycles. The Morgan fingerprint density at radius 2 is 2.00 bits per heavy atom. The molecule has 1 aromatic heterocycles. The zero-order valence-electron chi connectivity index (χ0n) is 15.1. The molecular formula is C20H19NO6. The SMILES string of the molecule is CCCCOc1ccc2c(=O)c(-c3ccc(OC)c([N+](=O)[O-])c3)coc2c1. The van der Waals surface area contributed by atoms with Crippen molar-refractivity contribution in [3.63, 3.8) is 0 Å². The molecule has 0 radical (unpaired) electrons. The van der Waals surface area contributed by atoms with Crippen molar-refractivity contribution in [2.24, 2.45) is 0 Å². The van der Waals surface area contributed by atoms with Gasteiger partial charge in [0.1, 0.15) is 17.6 Å². The second-order valence-corrected chi connectivity index (χ2v) is 5.98. The van der Waals surface area contributed by atoms with Gasteiger partial charge >= 0.3 is 5.69 Å². The standard InChI is InChI=1S/C20H19NO6/c1-3-4-9-26-14-6-7-15-19(11-14)27-12-16(20(15)22)13-5-8-18(25-2)17(10-13)21(23)24/h5-8,10-12H,3-4,9H2,1-2H3. The lowest BCUT2D eigenvalue weighted by atomic mass is 10.0. The normalized spacial score (nSPS) is 10.7. The molecule has 0 atom stereocenters. The van der Waals surface area contributed by atoms with Crippen LogP contribution in [0.15, 0.2) is 51.9 Å². The molecule has 0 aliphatic heterocycles. The van der Waals surface area contributed by atoms with Gasteiger partial charge in [0.05, 0.1) is 29.6 Å². The number of benzene rings is 2. The van der Waals surface area contributed by atoms with Gasteiger partial charge in [0, 0.05) is 12.1 Å². The highest BCUT2D eigenvalue weighted by molar-refractivity contribution is 5.83. The quantitative estimate of drug-likeness (QED) is 0.344. The number of nitro benzene ring substituents is 1. The number of methoxy groups -OCH3 is 1. The number of hydrogen-bond donors (Lipinski definition) is 0. The molecule has 27 heavy (non-hydrogen) atoms. The number of fused-ring (bicyclic) bond motifs is 1. The molecule has 3 aromatic rings. The molecule has 2 aromatic carbocycles. The van der Waals surface area contributed by atoms with Crippen molar-refractivity contribution in [3.05, 3.63) is 63.0 Å². The summed E-state index contributed by atoms with van der Waals surface area (Å²) in [4.78, 5) is 23.5. The van der Waals surface area contributed by atoms with Crippen molar-refractivity contribution in [1.29, 1.82) is 0 Å². The van der Waals surface area contributed by atoms with Gasteiger partial charge in [0.15, 0.2) is 11.2 Å². The molecule has 0 spiro atoms. The van der Waals surface area contributed by atoms with Crippen LogP contribution in [0.1, 0.15) is 19.8 Å². The molecule has 3 rings (SSSR count). The molecule has 0 fully saturated rings. The van der Waals surface area contributed by atoms with E-state index < -0.39 is 4.92 Å². The van der Waals surface area contributed by atoms with Crippen LogP contribution in [0.25, 0.3) is 22.1 Å². The Labute approximate surface area is 155 Å². The van der Waals surface area contributed by atoms with Gasteiger partial charge in [0.2, 0.25) is 0 Å². The highest BCUT2D eigenvalue weighted by atomic mass is 16.6. The molecule has 0 saturated carbocycles. The molecule has 7 nitrogen and oxygen atoms in total. The van der Waals surface area contributed by atoms with Crippen LogP contribution in [-0.4, -0.2) is 18.6 Å². The third-order valence-corrected chi connectivity index (χ3v) is 4.20. The summed E-state index contributed by atoms with van der Waals surface area (Å²) in [6.07, 6.45) is 3.28. The van der Waals surface area contributed by atoms with Crippen LogP contribution in [0, 0.1) is 10.1 Å². The molecule has 7 heteroatoms. The van der Waals surface area contributed by atoms with Crippen LogP contribution in [0.3, 0.4) is 0 Å². The van der Waals surface area contributed by atoms with Gasteiger partial charge in [-0.05, 0) is 36.2 Å². The first-order chi connectivity index (χ1) is 13.0. The predicted molar refractivity (Wildman–Crippen MR) is 102 cm³/mol. The highest BCUT2D eigenvalue weighted by Gasteiger charge is 2.18. The maximum Gasteiger partial charge on any atom is 0.311 e. The molecule has 0 unspecified atom stereocenters. The van der Waals surface area contributed by atoms with E-state index in [0.717, 1.165) is 12.8 Å². The fourth-order valence-electron chi connectivity index (χ4n) is 2.73. The van der Waals surface area contributed by atoms with E-state index in [1.807, 2.05) is 0 Å². The van der Waals surface area contributed by atoms with Crippen LogP contribution in [0.4, 0.5) is 5.69 Å². The van der Waals surface area contributed by atoms with E-state index in [4.69, 9.17) is 13.9 Å². The lowest BCUT2D eigenvalue weighted by Crippen LogP contribution is -2.05. The van der Waals surface area contributed by atoms with Crippen molar-refractivity contribution < 1.29 is 18.8 Å². The topological polar surface area (TPSA) is 91.8 Å². The second-order valence-electron chi connectivity index (χ2n) is 5.98. The highest BCUT2D eigenvalue weighted by Crippen LogP contribution is 2.32. The van der Waals surface area contributed by atoms with Crippen molar-refractivity contribution in [2.75, 3.05) is 13.7 Å². The number of hydrogen-bond acceptors (Lipinski definition) is 6. The molecular weight excluding hydrogens is 350 g/mol. The third-order valence-electron chi connectivity index (χ3n) is 4.20. The molecule has 0 amide bonds. The molecule has 140 valence electrons. The fourth-order valence-corrected chi connectivity index (χ4v) is 2.73.